The molecular weight excluding hydrogens is 241 g/mol. The van der Waals surface area contributed by atoms with Crippen molar-refractivity contribution in [1.82, 2.24) is 0 Å². The van der Waals surface area contributed by atoms with E-state index < -0.39 is 0 Å². The highest BCUT2D eigenvalue weighted by atomic mass is 35.5. The van der Waals surface area contributed by atoms with Crippen LogP contribution < -0.4 is 5.32 Å². The molecule has 88 valence electrons. The first-order valence-electron chi connectivity index (χ1n) is 5.94. The zero-order valence-electron chi connectivity index (χ0n) is 9.31. The zero-order chi connectivity index (χ0) is 11.4. The monoisotopic (exact) mass is 257 g/mol. The second-order valence-electron chi connectivity index (χ2n) is 4.51. The summed E-state index contributed by atoms with van der Waals surface area (Å²) in [7, 11) is 0. The van der Waals surface area contributed by atoms with E-state index in [1.54, 1.807) is 6.07 Å². The Kier molecular flexibility index (Phi) is 4.37. The number of hydrogen-bond donors (Lipinski definition) is 1. The maximum atomic E-state index is 6.10. The van der Waals surface area contributed by atoms with Crippen molar-refractivity contribution in [2.24, 2.45) is 5.92 Å². The van der Waals surface area contributed by atoms with Gasteiger partial charge in [-0.3, -0.25) is 0 Å². The Labute approximate surface area is 107 Å². The molecular formula is C13H17Cl2N. The highest BCUT2D eigenvalue weighted by Crippen LogP contribution is 2.28. The largest absolute Gasteiger partial charge is 0.384 e. The lowest BCUT2D eigenvalue weighted by Gasteiger charge is -2.22. The molecule has 3 heteroatoms. The van der Waals surface area contributed by atoms with Crippen molar-refractivity contribution in [2.45, 2.75) is 32.1 Å². The highest BCUT2D eigenvalue weighted by molar-refractivity contribution is 6.36. The molecule has 1 saturated carbocycles. The summed E-state index contributed by atoms with van der Waals surface area (Å²) in [4.78, 5) is 0. The van der Waals surface area contributed by atoms with Crippen LogP contribution in [0, 0.1) is 5.92 Å². The van der Waals surface area contributed by atoms with E-state index in [0.717, 1.165) is 18.2 Å². The van der Waals surface area contributed by atoms with Gasteiger partial charge in [0.15, 0.2) is 0 Å². The van der Waals surface area contributed by atoms with Crippen LogP contribution in [0.2, 0.25) is 10.0 Å². The van der Waals surface area contributed by atoms with Gasteiger partial charge in [0.1, 0.15) is 0 Å². The minimum absolute atomic E-state index is 0.688. The second kappa shape index (κ2) is 5.79. The molecule has 0 bridgehead atoms. The van der Waals surface area contributed by atoms with Crippen LogP contribution in [0.25, 0.3) is 0 Å². The predicted molar refractivity (Wildman–Crippen MR) is 71.5 cm³/mol. The fraction of sp³-hybridized carbons (Fsp3) is 0.538. The molecule has 2 rings (SSSR count). The van der Waals surface area contributed by atoms with Crippen molar-refractivity contribution >= 4 is 28.9 Å². The van der Waals surface area contributed by atoms with Crippen LogP contribution in [0.5, 0.6) is 0 Å². The topological polar surface area (TPSA) is 12.0 Å². The molecule has 0 unspecified atom stereocenters. The van der Waals surface area contributed by atoms with Gasteiger partial charge >= 0.3 is 0 Å². The van der Waals surface area contributed by atoms with E-state index in [1.165, 1.54) is 32.1 Å². The molecule has 0 heterocycles. The molecule has 0 atom stereocenters. The van der Waals surface area contributed by atoms with E-state index in [1.807, 2.05) is 12.1 Å². The summed E-state index contributed by atoms with van der Waals surface area (Å²) in [6.07, 6.45) is 6.84. The average Bonchev–Trinajstić information content (AvgIpc) is 2.29. The van der Waals surface area contributed by atoms with Gasteiger partial charge in [-0.2, -0.15) is 0 Å². The molecule has 1 aromatic carbocycles. The molecule has 0 saturated heterocycles. The highest BCUT2D eigenvalue weighted by Gasteiger charge is 2.13. The third-order valence-electron chi connectivity index (χ3n) is 3.24. The van der Waals surface area contributed by atoms with Crippen LogP contribution in [0.3, 0.4) is 0 Å². The van der Waals surface area contributed by atoms with E-state index in [4.69, 9.17) is 23.2 Å². The maximum Gasteiger partial charge on any atom is 0.0652 e. The first-order chi connectivity index (χ1) is 7.75. The van der Waals surface area contributed by atoms with Gasteiger partial charge in [0.25, 0.3) is 0 Å². The Morgan fingerprint density at radius 1 is 1.12 bits per heavy atom. The summed E-state index contributed by atoms with van der Waals surface area (Å²) >= 11 is 12.0. The van der Waals surface area contributed by atoms with E-state index in [-0.39, 0.29) is 0 Å². The number of benzene rings is 1. The van der Waals surface area contributed by atoms with Crippen LogP contribution in [0.15, 0.2) is 18.2 Å². The standard InChI is InChI=1S/C13H17Cl2N/c14-11-6-7-13(12(15)8-11)16-9-10-4-2-1-3-5-10/h6-8,10,16H,1-5,9H2. The van der Waals surface area contributed by atoms with Crippen LogP contribution in [0.4, 0.5) is 5.69 Å². The molecule has 0 aromatic heterocycles. The minimum Gasteiger partial charge on any atom is -0.384 e. The van der Waals surface area contributed by atoms with Crippen molar-refractivity contribution < 1.29 is 0 Å². The molecule has 1 aliphatic carbocycles. The summed E-state index contributed by atoms with van der Waals surface area (Å²) in [5, 5.41) is 4.82. The first kappa shape index (κ1) is 12.1. The zero-order valence-corrected chi connectivity index (χ0v) is 10.8. The summed E-state index contributed by atoms with van der Waals surface area (Å²) in [5.74, 6) is 0.806. The van der Waals surface area contributed by atoms with E-state index in [9.17, 15) is 0 Å². The number of nitrogens with one attached hydrogen (secondary N) is 1. The summed E-state index contributed by atoms with van der Waals surface area (Å²) in [6.45, 7) is 1.03. The molecule has 0 spiro atoms. The number of rotatable bonds is 3. The Hall–Kier alpha value is -0.400. The van der Waals surface area contributed by atoms with Gasteiger partial charge in [0.05, 0.1) is 10.7 Å². The van der Waals surface area contributed by atoms with E-state index >= 15 is 0 Å². The molecule has 1 aromatic rings. The SMILES string of the molecule is Clc1ccc(NCC2CCCCC2)c(Cl)c1. The van der Waals surface area contributed by atoms with Gasteiger partial charge in [-0.15, -0.1) is 0 Å². The van der Waals surface area contributed by atoms with Gasteiger partial charge in [0.2, 0.25) is 0 Å². The van der Waals surface area contributed by atoms with Crippen LogP contribution in [-0.4, -0.2) is 6.54 Å². The van der Waals surface area contributed by atoms with Crippen LogP contribution in [0.1, 0.15) is 32.1 Å². The summed E-state index contributed by atoms with van der Waals surface area (Å²) in [6, 6.07) is 5.61. The lowest BCUT2D eigenvalue weighted by atomic mass is 9.89. The molecule has 16 heavy (non-hydrogen) atoms. The third kappa shape index (κ3) is 3.29. The maximum absolute atomic E-state index is 6.10. The molecule has 0 radical (unpaired) electrons. The van der Waals surface area contributed by atoms with Gasteiger partial charge in [-0.25, -0.2) is 0 Å². The molecule has 1 fully saturated rings. The van der Waals surface area contributed by atoms with Gasteiger partial charge in [-0.05, 0) is 37.0 Å². The van der Waals surface area contributed by atoms with Gasteiger partial charge in [-0.1, -0.05) is 42.5 Å². The van der Waals surface area contributed by atoms with Crippen molar-refractivity contribution in [3.8, 4) is 0 Å². The first-order valence-corrected chi connectivity index (χ1v) is 6.70. The molecule has 1 aliphatic rings. The van der Waals surface area contributed by atoms with Crippen molar-refractivity contribution in [2.75, 3.05) is 11.9 Å². The van der Waals surface area contributed by atoms with E-state index in [0.29, 0.717) is 10.0 Å². The van der Waals surface area contributed by atoms with Gasteiger partial charge < -0.3 is 5.32 Å². The lowest BCUT2D eigenvalue weighted by molar-refractivity contribution is 0.373. The molecule has 0 amide bonds. The summed E-state index contributed by atoms with van der Waals surface area (Å²) < 4.78 is 0. The van der Waals surface area contributed by atoms with Crippen LogP contribution in [-0.2, 0) is 0 Å². The fourth-order valence-electron chi connectivity index (χ4n) is 2.28. The van der Waals surface area contributed by atoms with Crippen molar-refractivity contribution in [3.05, 3.63) is 28.2 Å². The lowest BCUT2D eigenvalue weighted by Crippen LogP contribution is -2.17. The van der Waals surface area contributed by atoms with Gasteiger partial charge in [0, 0.05) is 11.6 Å². The molecule has 1 N–H and O–H groups in total. The minimum atomic E-state index is 0.688. The molecule has 0 aliphatic heterocycles. The number of anilines is 1. The number of halogens is 2. The Balaban J connectivity index is 1.88. The Bertz CT molecular complexity index is 346. The Morgan fingerprint density at radius 3 is 2.56 bits per heavy atom. The van der Waals surface area contributed by atoms with Crippen molar-refractivity contribution in [1.29, 1.82) is 0 Å². The molecule has 1 nitrogen and oxygen atoms in total. The Morgan fingerprint density at radius 2 is 1.88 bits per heavy atom. The average molecular weight is 258 g/mol. The summed E-state index contributed by atoms with van der Waals surface area (Å²) in [5.41, 5.74) is 0.997. The van der Waals surface area contributed by atoms with Crippen molar-refractivity contribution in [3.63, 3.8) is 0 Å². The van der Waals surface area contributed by atoms with Crippen LogP contribution >= 0.6 is 23.2 Å². The quantitative estimate of drug-likeness (QED) is 0.805. The third-order valence-corrected chi connectivity index (χ3v) is 3.78. The fourth-order valence-corrected chi connectivity index (χ4v) is 2.75. The van der Waals surface area contributed by atoms with E-state index in [2.05, 4.69) is 5.32 Å². The predicted octanol–water partition coefficient (Wildman–Crippen LogP) is 4.99. The second-order valence-corrected chi connectivity index (χ2v) is 5.35. The number of hydrogen-bond acceptors (Lipinski definition) is 1. The normalized spacial score (nSPS) is 17.4. The smallest absolute Gasteiger partial charge is 0.0652 e.